The summed E-state index contributed by atoms with van der Waals surface area (Å²) in [6.07, 6.45) is 2.74. The van der Waals surface area contributed by atoms with Crippen LogP contribution in [0, 0.1) is 11.6 Å². The van der Waals surface area contributed by atoms with Gasteiger partial charge in [0.05, 0.1) is 0 Å². The molecule has 0 unspecified atom stereocenters. The quantitative estimate of drug-likeness (QED) is 0.313. The molecule has 0 aliphatic carbocycles. The minimum Gasteiger partial charge on any atom is -0.444 e. The Bertz CT molecular complexity index is 1100. The molecule has 0 amide bonds. The summed E-state index contributed by atoms with van der Waals surface area (Å²) in [7, 11) is 3.03. The molecule has 0 bridgehead atoms. The highest BCUT2D eigenvalue weighted by Gasteiger charge is 2.15. The molecule has 0 N–H and O–H groups in total. The highest BCUT2D eigenvalue weighted by molar-refractivity contribution is 5.72. The highest BCUT2D eigenvalue weighted by atomic mass is 19.1. The lowest BCUT2D eigenvalue weighted by Crippen LogP contribution is -2.03. The van der Waals surface area contributed by atoms with Crippen LogP contribution in [0.15, 0.2) is 69.9 Å². The van der Waals surface area contributed by atoms with Crippen LogP contribution in [0.25, 0.3) is 22.9 Å². The van der Waals surface area contributed by atoms with Crippen LogP contribution >= 0.6 is 0 Å². The third kappa shape index (κ3) is 5.68. The number of nitrogens with zero attached hydrogens (tertiary/aromatic N) is 2. The number of methoxy groups -OCH3 is 2. The molecule has 2 aromatic carbocycles. The SMILES string of the molecule is COC(OC)c1coc(-c2ccc(F)cc2)n1.O=Cc1coc(-c2ccc(F)cc2)n1. The van der Waals surface area contributed by atoms with Crippen molar-refractivity contribution in [1.29, 1.82) is 0 Å². The monoisotopic (exact) mass is 428 g/mol. The van der Waals surface area contributed by atoms with Crippen molar-refractivity contribution >= 4 is 6.29 Å². The van der Waals surface area contributed by atoms with Crippen molar-refractivity contribution in [2.45, 2.75) is 6.29 Å². The molecule has 0 radical (unpaired) electrons. The smallest absolute Gasteiger partial charge is 0.226 e. The number of oxazole rings is 2. The fourth-order valence-corrected chi connectivity index (χ4v) is 2.52. The summed E-state index contributed by atoms with van der Waals surface area (Å²) in [4.78, 5) is 18.4. The summed E-state index contributed by atoms with van der Waals surface area (Å²) in [5, 5.41) is 0. The first-order valence-corrected chi connectivity index (χ1v) is 8.97. The minimum absolute atomic E-state index is 0.226. The molecule has 2 aromatic heterocycles. The molecule has 0 saturated carbocycles. The number of hydrogen-bond acceptors (Lipinski definition) is 7. The first-order chi connectivity index (χ1) is 15.0. The summed E-state index contributed by atoms with van der Waals surface area (Å²) < 4.78 is 45.7. The van der Waals surface area contributed by atoms with Gasteiger partial charge in [-0.3, -0.25) is 4.79 Å². The second-order valence-corrected chi connectivity index (χ2v) is 6.09. The third-order valence-electron chi connectivity index (χ3n) is 4.02. The summed E-state index contributed by atoms with van der Waals surface area (Å²) in [5.41, 5.74) is 2.10. The molecule has 2 heterocycles. The van der Waals surface area contributed by atoms with E-state index in [4.69, 9.17) is 18.3 Å². The molecule has 9 heteroatoms. The molecule has 160 valence electrons. The summed E-state index contributed by atoms with van der Waals surface area (Å²) in [5.74, 6) is 0.0920. The van der Waals surface area contributed by atoms with E-state index in [-0.39, 0.29) is 17.3 Å². The van der Waals surface area contributed by atoms with Crippen LogP contribution in [0.4, 0.5) is 8.78 Å². The Kier molecular flexibility index (Phi) is 7.36. The lowest BCUT2D eigenvalue weighted by molar-refractivity contribution is -0.108. The number of carbonyl (C=O) groups excluding carboxylic acids is 1. The van der Waals surface area contributed by atoms with E-state index in [9.17, 15) is 13.6 Å². The second kappa shape index (κ2) is 10.4. The van der Waals surface area contributed by atoms with E-state index < -0.39 is 6.29 Å². The number of halogens is 2. The maximum atomic E-state index is 12.8. The molecule has 0 aliphatic rings. The highest BCUT2D eigenvalue weighted by Crippen LogP contribution is 2.23. The van der Waals surface area contributed by atoms with E-state index in [2.05, 4.69) is 9.97 Å². The lowest BCUT2D eigenvalue weighted by atomic mass is 10.2. The molecular formula is C22H18F2N2O5. The maximum Gasteiger partial charge on any atom is 0.226 e. The van der Waals surface area contributed by atoms with Crippen LogP contribution in [0.1, 0.15) is 22.5 Å². The Balaban J connectivity index is 0.000000179. The van der Waals surface area contributed by atoms with E-state index in [1.807, 2.05) is 0 Å². The largest absolute Gasteiger partial charge is 0.444 e. The van der Waals surface area contributed by atoms with Gasteiger partial charge in [-0.05, 0) is 48.5 Å². The number of carbonyl (C=O) groups is 1. The Hall–Kier alpha value is -3.69. The number of hydrogen-bond donors (Lipinski definition) is 0. The molecule has 0 saturated heterocycles. The first-order valence-electron chi connectivity index (χ1n) is 8.97. The first kappa shape index (κ1) is 22.0. The average molecular weight is 428 g/mol. The van der Waals surface area contributed by atoms with Gasteiger partial charge >= 0.3 is 0 Å². The zero-order chi connectivity index (χ0) is 22.2. The average Bonchev–Trinajstić information content (AvgIpc) is 3.46. The van der Waals surface area contributed by atoms with Crippen LogP contribution in [0.3, 0.4) is 0 Å². The summed E-state index contributed by atoms with van der Waals surface area (Å²) in [6.45, 7) is 0. The maximum absolute atomic E-state index is 12.8. The van der Waals surface area contributed by atoms with Crippen molar-refractivity contribution < 1.29 is 31.9 Å². The summed E-state index contributed by atoms with van der Waals surface area (Å²) in [6, 6.07) is 11.6. The van der Waals surface area contributed by atoms with Crippen LogP contribution in [-0.4, -0.2) is 30.5 Å². The normalized spacial score (nSPS) is 10.6. The lowest BCUT2D eigenvalue weighted by Gasteiger charge is -2.08. The van der Waals surface area contributed by atoms with Gasteiger partial charge in [-0.25, -0.2) is 18.7 Å². The van der Waals surface area contributed by atoms with Crippen molar-refractivity contribution in [2.75, 3.05) is 14.2 Å². The molecular weight excluding hydrogens is 410 g/mol. The molecule has 4 aromatic rings. The number of aromatic nitrogens is 2. The van der Waals surface area contributed by atoms with Gasteiger partial charge in [-0.2, -0.15) is 0 Å². The van der Waals surface area contributed by atoms with E-state index >= 15 is 0 Å². The fourth-order valence-electron chi connectivity index (χ4n) is 2.52. The van der Waals surface area contributed by atoms with Gasteiger partial charge in [0.25, 0.3) is 0 Å². The molecule has 7 nitrogen and oxygen atoms in total. The number of benzene rings is 2. The van der Waals surface area contributed by atoms with Gasteiger partial charge in [0.2, 0.25) is 18.1 Å². The van der Waals surface area contributed by atoms with Gasteiger partial charge in [0.15, 0.2) is 6.29 Å². The van der Waals surface area contributed by atoms with Gasteiger partial charge in [-0.15, -0.1) is 0 Å². The van der Waals surface area contributed by atoms with Crippen molar-refractivity contribution in [3.05, 3.63) is 84.1 Å². The van der Waals surface area contributed by atoms with Crippen molar-refractivity contribution in [1.82, 2.24) is 9.97 Å². The number of aldehydes is 1. The Morgan fingerprint density at radius 3 is 1.74 bits per heavy atom. The molecule has 31 heavy (non-hydrogen) atoms. The van der Waals surface area contributed by atoms with E-state index in [0.29, 0.717) is 34.9 Å². The van der Waals surface area contributed by atoms with Gasteiger partial charge in [0, 0.05) is 25.3 Å². The molecule has 0 spiro atoms. The van der Waals surface area contributed by atoms with E-state index in [1.165, 1.54) is 63.1 Å². The van der Waals surface area contributed by atoms with Crippen molar-refractivity contribution in [2.24, 2.45) is 0 Å². The standard InChI is InChI=1S/C12H12FNO3.C10H6FNO2/c1-15-12(16-2)10-7-17-11(14-10)8-3-5-9(13)6-4-8;11-8-3-1-7(2-4-8)10-12-9(5-13)6-14-10/h3-7,12H,1-2H3;1-6H. The van der Waals surface area contributed by atoms with Crippen molar-refractivity contribution in [3.63, 3.8) is 0 Å². The zero-order valence-electron chi connectivity index (χ0n) is 16.6. The molecule has 4 rings (SSSR count). The Morgan fingerprint density at radius 1 is 0.806 bits per heavy atom. The predicted molar refractivity (Wildman–Crippen MR) is 106 cm³/mol. The van der Waals surface area contributed by atoms with Crippen molar-refractivity contribution in [3.8, 4) is 22.9 Å². The van der Waals surface area contributed by atoms with Crippen LogP contribution in [-0.2, 0) is 9.47 Å². The summed E-state index contributed by atoms with van der Waals surface area (Å²) >= 11 is 0. The molecule has 0 aliphatic heterocycles. The predicted octanol–water partition coefficient (Wildman–Crippen LogP) is 5.07. The van der Waals surface area contributed by atoms with E-state index in [1.54, 1.807) is 12.1 Å². The van der Waals surface area contributed by atoms with E-state index in [0.717, 1.165) is 0 Å². The molecule has 0 fully saturated rings. The Labute approximate surface area is 176 Å². The topological polar surface area (TPSA) is 87.6 Å². The van der Waals surface area contributed by atoms with Crippen LogP contribution < -0.4 is 0 Å². The minimum atomic E-state index is -0.562. The van der Waals surface area contributed by atoms with Gasteiger partial charge < -0.3 is 18.3 Å². The van der Waals surface area contributed by atoms with Crippen LogP contribution in [0.2, 0.25) is 0 Å². The van der Waals surface area contributed by atoms with Gasteiger partial charge in [-0.1, -0.05) is 0 Å². The zero-order valence-corrected chi connectivity index (χ0v) is 16.6. The molecule has 0 atom stereocenters. The second-order valence-electron chi connectivity index (χ2n) is 6.09. The number of rotatable bonds is 6. The van der Waals surface area contributed by atoms with Gasteiger partial charge in [0.1, 0.15) is 35.5 Å². The number of ether oxygens (including phenoxy) is 2. The Morgan fingerprint density at radius 2 is 1.29 bits per heavy atom. The van der Waals surface area contributed by atoms with Crippen LogP contribution in [0.5, 0.6) is 0 Å². The third-order valence-corrected chi connectivity index (χ3v) is 4.02. The fraction of sp³-hybridized carbons (Fsp3) is 0.136.